The highest BCUT2D eigenvalue weighted by atomic mass is 19.4. The molecule has 2 heterocycles. The maximum atomic E-state index is 12.8. The standard InChI is InChI=1S/C19H14F3N3O.H2O/c1-11-14-5-3-4-6-15(14)16-17(24(11)2)18(26)25(23-16)13-9-7-12(8-10-13)19(20,21)22;/h3-10H,1-2H3;1H2. The van der Waals surface area contributed by atoms with Gasteiger partial charge >= 0.3 is 6.18 Å². The first kappa shape index (κ1) is 18.7. The van der Waals surface area contributed by atoms with Gasteiger partial charge in [0.2, 0.25) is 0 Å². The zero-order valence-electron chi connectivity index (χ0n) is 14.5. The number of rotatable bonds is 1. The Morgan fingerprint density at radius 3 is 2.19 bits per heavy atom. The molecule has 0 radical (unpaired) electrons. The molecule has 0 fully saturated rings. The Morgan fingerprint density at radius 2 is 1.59 bits per heavy atom. The van der Waals surface area contributed by atoms with E-state index in [2.05, 4.69) is 5.10 Å². The Labute approximate surface area is 152 Å². The third-order valence-electron chi connectivity index (χ3n) is 4.69. The van der Waals surface area contributed by atoms with Crippen molar-refractivity contribution in [3.05, 3.63) is 59.8 Å². The molecule has 0 aliphatic rings. The average Bonchev–Trinajstić information content (AvgIpc) is 2.97. The summed E-state index contributed by atoms with van der Waals surface area (Å²) < 4.78 is 41.4. The summed E-state index contributed by atoms with van der Waals surface area (Å²) in [6.07, 6.45) is -4.41. The minimum absolute atomic E-state index is 0. The lowest BCUT2D eigenvalue weighted by molar-refractivity contribution is -0.650. The molecule has 0 saturated heterocycles. The summed E-state index contributed by atoms with van der Waals surface area (Å²) in [5.41, 5.74) is 1.68. The summed E-state index contributed by atoms with van der Waals surface area (Å²) in [5, 5.41) is 17.0. The first-order valence-corrected chi connectivity index (χ1v) is 7.95. The molecule has 0 aliphatic heterocycles. The first-order chi connectivity index (χ1) is 12.3. The molecule has 4 aromatic rings. The molecule has 27 heavy (non-hydrogen) atoms. The second-order valence-corrected chi connectivity index (χ2v) is 6.17. The first-order valence-electron chi connectivity index (χ1n) is 7.95. The molecule has 0 amide bonds. The third-order valence-corrected chi connectivity index (χ3v) is 4.69. The van der Waals surface area contributed by atoms with Gasteiger partial charge in [-0.3, -0.25) is 0 Å². The normalized spacial score (nSPS) is 11.7. The van der Waals surface area contributed by atoms with Gasteiger partial charge in [-0.15, -0.1) is 0 Å². The Hall–Kier alpha value is -3.13. The van der Waals surface area contributed by atoms with Crippen molar-refractivity contribution in [1.29, 1.82) is 0 Å². The van der Waals surface area contributed by atoms with E-state index in [1.807, 2.05) is 42.8 Å². The number of aryl methyl sites for hydroxylation is 2. The molecule has 2 aromatic carbocycles. The molecule has 0 spiro atoms. The second kappa shape index (κ2) is 6.24. The molecule has 0 bridgehead atoms. The van der Waals surface area contributed by atoms with Crippen molar-refractivity contribution >= 4 is 21.8 Å². The van der Waals surface area contributed by atoms with Crippen molar-refractivity contribution in [1.82, 2.24) is 9.78 Å². The fraction of sp³-hybridized carbons (Fsp3) is 0.158. The van der Waals surface area contributed by atoms with Gasteiger partial charge < -0.3 is 10.6 Å². The van der Waals surface area contributed by atoms with Crippen LogP contribution >= 0.6 is 0 Å². The predicted octanol–water partition coefficient (Wildman–Crippen LogP) is 3.86. The SMILES string of the molecule is Cc1c2ccccc2c2nn(-c3ccc(C(F)(F)F)cc3)c(O)c2[n+]1C.[OH-]. The molecule has 5 nitrogen and oxygen atoms in total. The molecule has 2 N–H and O–H groups in total. The number of hydrogen-bond acceptors (Lipinski definition) is 3. The van der Waals surface area contributed by atoms with Crippen molar-refractivity contribution in [2.75, 3.05) is 0 Å². The minimum atomic E-state index is -4.41. The van der Waals surface area contributed by atoms with E-state index < -0.39 is 11.7 Å². The van der Waals surface area contributed by atoms with E-state index in [4.69, 9.17) is 0 Å². The summed E-state index contributed by atoms with van der Waals surface area (Å²) in [7, 11) is 1.82. The van der Waals surface area contributed by atoms with E-state index in [9.17, 15) is 18.3 Å². The van der Waals surface area contributed by atoms with Crippen LogP contribution in [-0.4, -0.2) is 20.4 Å². The molecule has 140 valence electrons. The summed E-state index contributed by atoms with van der Waals surface area (Å²) >= 11 is 0. The number of nitrogens with zero attached hydrogens (tertiary/aromatic N) is 3. The zero-order valence-corrected chi connectivity index (χ0v) is 14.5. The van der Waals surface area contributed by atoms with Crippen LogP contribution in [0, 0.1) is 6.92 Å². The number of fused-ring (bicyclic) bond motifs is 3. The van der Waals surface area contributed by atoms with Crippen LogP contribution in [0.15, 0.2) is 48.5 Å². The van der Waals surface area contributed by atoms with Crippen molar-refractivity contribution in [2.45, 2.75) is 13.1 Å². The van der Waals surface area contributed by atoms with Crippen LogP contribution in [0.25, 0.3) is 27.5 Å². The molecule has 4 rings (SSSR count). The zero-order chi connectivity index (χ0) is 18.6. The maximum absolute atomic E-state index is 12.8. The van der Waals surface area contributed by atoms with E-state index in [1.54, 1.807) is 0 Å². The smallest absolute Gasteiger partial charge is 0.416 e. The van der Waals surface area contributed by atoms with Crippen molar-refractivity contribution in [3.8, 4) is 11.6 Å². The van der Waals surface area contributed by atoms with Gasteiger partial charge in [0.05, 0.1) is 16.6 Å². The van der Waals surface area contributed by atoms with Gasteiger partial charge in [-0.1, -0.05) is 18.2 Å². The number of benzene rings is 2. The molecular weight excluding hydrogens is 359 g/mol. The monoisotopic (exact) mass is 375 g/mol. The van der Waals surface area contributed by atoms with Crippen LogP contribution in [0.1, 0.15) is 11.3 Å². The van der Waals surface area contributed by atoms with Crippen LogP contribution in [0.4, 0.5) is 13.2 Å². The van der Waals surface area contributed by atoms with Crippen LogP contribution in [0.5, 0.6) is 5.88 Å². The van der Waals surface area contributed by atoms with Crippen LogP contribution in [0.2, 0.25) is 0 Å². The number of alkyl halides is 3. The topological polar surface area (TPSA) is 71.9 Å². The highest BCUT2D eigenvalue weighted by Gasteiger charge is 2.30. The molecule has 0 saturated carbocycles. The second-order valence-electron chi connectivity index (χ2n) is 6.17. The largest absolute Gasteiger partial charge is 0.870 e. The number of aromatic nitrogens is 3. The quantitative estimate of drug-likeness (QED) is 0.514. The van der Waals surface area contributed by atoms with E-state index in [0.717, 1.165) is 28.6 Å². The number of aromatic hydroxyl groups is 1. The molecule has 0 unspecified atom stereocenters. The summed E-state index contributed by atoms with van der Waals surface area (Å²) in [4.78, 5) is 0. The van der Waals surface area contributed by atoms with Gasteiger partial charge in [0, 0.05) is 12.3 Å². The predicted molar refractivity (Wildman–Crippen MR) is 93.1 cm³/mol. The van der Waals surface area contributed by atoms with Gasteiger partial charge in [-0.05, 0) is 30.3 Å². The molecule has 8 heteroatoms. The van der Waals surface area contributed by atoms with Gasteiger partial charge in [-0.2, -0.15) is 27.5 Å². The fourth-order valence-corrected chi connectivity index (χ4v) is 3.22. The fourth-order valence-electron chi connectivity index (χ4n) is 3.22. The van der Waals surface area contributed by atoms with Gasteiger partial charge in [0.25, 0.3) is 11.4 Å². The van der Waals surface area contributed by atoms with Gasteiger partial charge in [0.15, 0.2) is 11.2 Å². The highest BCUT2D eigenvalue weighted by molar-refractivity contribution is 6.04. The Balaban J connectivity index is 0.00000210. The summed E-state index contributed by atoms with van der Waals surface area (Å²) in [6, 6.07) is 12.2. The van der Waals surface area contributed by atoms with E-state index in [-0.39, 0.29) is 11.4 Å². The van der Waals surface area contributed by atoms with E-state index in [0.29, 0.717) is 16.7 Å². The lowest BCUT2D eigenvalue weighted by Crippen LogP contribution is -2.32. The number of halogens is 3. The van der Waals surface area contributed by atoms with Crippen LogP contribution in [0.3, 0.4) is 0 Å². The van der Waals surface area contributed by atoms with Gasteiger partial charge in [0.1, 0.15) is 7.05 Å². The van der Waals surface area contributed by atoms with Crippen molar-refractivity contribution < 1.29 is 28.3 Å². The molecular formula is C19H16F3N3O2. The third kappa shape index (κ3) is 2.78. The number of hydrogen-bond donors (Lipinski definition) is 1. The van der Waals surface area contributed by atoms with Crippen molar-refractivity contribution in [2.24, 2.45) is 7.05 Å². The minimum Gasteiger partial charge on any atom is -0.870 e. The highest BCUT2D eigenvalue weighted by Crippen LogP contribution is 2.33. The van der Waals surface area contributed by atoms with Crippen LogP contribution in [-0.2, 0) is 13.2 Å². The summed E-state index contributed by atoms with van der Waals surface area (Å²) in [6.45, 7) is 1.94. The average molecular weight is 375 g/mol. The van der Waals surface area contributed by atoms with E-state index in [1.165, 1.54) is 16.8 Å². The molecule has 0 aliphatic carbocycles. The Bertz CT molecular complexity index is 1150. The Morgan fingerprint density at radius 1 is 1.00 bits per heavy atom. The Kier molecular flexibility index (Phi) is 4.31. The number of pyridine rings is 1. The summed E-state index contributed by atoms with van der Waals surface area (Å²) in [5.74, 6) is -0.115. The lowest BCUT2D eigenvalue weighted by atomic mass is 10.1. The molecule has 2 aromatic heterocycles. The van der Waals surface area contributed by atoms with E-state index >= 15 is 0 Å². The maximum Gasteiger partial charge on any atom is 0.416 e. The van der Waals surface area contributed by atoms with Gasteiger partial charge in [-0.25, -0.2) is 0 Å². The van der Waals surface area contributed by atoms with Crippen molar-refractivity contribution in [3.63, 3.8) is 0 Å². The van der Waals surface area contributed by atoms with Crippen LogP contribution < -0.4 is 4.57 Å². The molecule has 0 atom stereocenters. The lowest BCUT2D eigenvalue weighted by Gasteiger charge is -2.07.